The van der Waals surface area contributed by atoms with Crippen molar-refractivity contribution in [2.24, 2.45) is 0 Å². The molecule has 0 aliphatic rings. The molecule has 8 heteroatoms. The maximum absolute atomic E-state index is 13.4. The van der Waals surface area contributed by atoms with Crippen LogP contribution in [0.4, 0.5) is 0 Å². The molecule has 3 rings (SSSR count). The Hall–Kier alpha value is -3.03. The van der Waals surface area contributed by atoms with Crippen molar-refractivity contribution in [3.05, 3.63) is 93.4 Å². The lowest BCUT2D eigenvalue weighted by Gasteiger charge is -2.31. The molecule has 0 aliphatic carbocycles. The van der Waals surface area contributed by atoms with Crippen LogP contribution < -0.4 is 14.8 Å². The van der Waals surface area contributed by atoms with Gasteiger partial charge in [-0.3, -0.25) is 9.59 Å². The van der Waals surface area contributed by atoms with Gasteiger partial charge in [0.25, 0.3) is 5.91 Å². The van der Waals surface area contributed by atoms with E-state index in [1.54, 1.807) is 32.4 Å². The normalized spacial score (nSPS) is 11.4. The van der Waals surface area contributed by atoms with E-state index in [0.29, 0.717) is 22.9 Å². The molecule has 0 unspecified atom stereocenters. The van der Waals surface area contributed by atoms with Crippen molar-refractivity contribution >= 4 is 39.3 Å². The van der Waals surface area contributed by atoms with Gasteiger partial charge in [0.1, 0.15) is 17.5 Å². The van der Waals surface area contributed by atoms with E-state index >= 15 is 0 Å². The van der Waals surface area contributed by atoms with Crippen LogP contribution in [0.25, 0.3) is 0 Å². The predicted molar refractivity (Wildman–Crippen MR) is 136 cm³/mol. The largest absolute Gasteiger partial charge is 0.497 e. The Kier molecular flexibility index (Phi) is 9.36. The fourth-order valence-electron chi connectivity index (χ4n) is 3.50. The molecule has 3 aromatic carbocycles. The summed E-state index contributed by atoms with van der Waals surface area (Å²) in [5.74, 6) is 0.453. The molecule has 0 fully saturated rings. The zero-order chi connectivity index (χ0) is 24.5. The van der Waals surface area contributed by atoms with Crippen LogP contribution in [0.3, 0.4) is 0 Å². The second-order valence-corrected chi connectivity index (χ2v) is 8.88. The van der Waals surface area contributed by atoms with Gasteiger partial charge in [0.15, 0.2) is 6.61 Å². The number of amides is 2. The number of hydrogen-bond donors (Lipinski definition) is 1. The SMILES string of the molecule is CNC(=O)[C@H](Cc1ccccc1)N(Cc1cccc(OC)c1)C(=O)COc1ccc(Br)cc1Cl. The van der Waals surface area contributed by atoms with E-state index in [1.165, 1.54) is 4.90 Å². The first-order chi connectivity index (χ1) is 16.4. The highest BCUT2D eigenvalue weighted by atomic mass is 79.9. The number of likely N-dealkylation sites (N-methyl/N-ethyl adjacent to an activating group) is 1. The standard InChI is InChI=1S/C26H26BrClN2O4/c1-29-26(32)23(14-18-7-4-3-5-8-18)30(16-19-9-6-10-21(13-19)33-2)25(31)17-34-24-12-11-20(27)15-22(24)28/h3-13,15,23H,14,16-17H2,1-2H3,(H,29,32)/t23-/m0/s1. The zero-order valence-electron chi connectivity index (χ0n) is 19.0. The molecule has 1 N–H and O–H groups in total. The van der Waals surface area contributed by atoms with Gasteiger partial charge >= 0.3 is 0 Å². The summed E-state index contributed by atoms with van der Waals surface area (Å²) in [6.45, 7) is -0.0635. The van der Waals surface area contributed by atoms with Gasteiger partial charge in [0.05, 0.1) is 12.1 Å². The lowest BCUT2D eigenvalue weighted by Crippen LogP contribution is -2.51. The molecule has 3 aromatic rings. The number of nitrogens with one attached hydrogen (secondary N) is 1. The molecule has 0 aromatic heterocycles. The Morgan fingerprint density at radius 1 is 1.03 bits per heavy atom. The minimum absolute atomic E-state index is 0.207. The van der Waals surface area contributed by atoms with E-state index in [-0.39, 0.29) is 25.0 Å². The maximum Gasteiger partial charge on any atom is 0.261 e. The molecule has 0 aliphatic heterocycles. The molecule has 0 heterocycles. The second-order valence-electron chi connectivity index (χ2n) is 7.56. The molecule has 0 spiro atoms. The Balaban J connectivity index is 1.89. The molecule has 2 amide bonds. The van der Waals surface area contributed by atoms with Crippen molar-refractivity contribution in [3.8, 4) is 11.5 Å². The summed E-state index contributed by atoms with van der Waals surface area (Å²) in [5.41, 5.74) is 1.77. The smallest absolute Gasteiger partial charge is 0.261 e. The average Bonchev–Trinajstić information content (AvgIpc) is 2.85. The van der Waals surface area contributed by atoms with Gasteiger partial charge in [-0.05, 0) is 41.5 Å². The molecule has 1 atom stereocenters. The number of rotatable bonds is 10. The quantitative estimate of drug-likeness (QED) is 0.394. The van der Waals surface area contributed by atoms with Crippen LogP contribution in [0.5, 0.6) is 11.5 Å². The van der Waals surface area contributed by atoms with Crippen LogP contribution in [-0.2, 0) is 22.6 Å². The van der Waals surface area contributed by atoms with Crippen molar-refractivity contribution < 1.29 is 19.1 Å². The average molecular weight is 546 g/mol. The van der Waals surface area contributed by atoms with Crippen LogP contribution in [-0.4, -0.2) is 43.5 Å². The van der Waals surface area contributed by atoms with E-state index in [2.05, 4.69) is 21.2 Å². The first kappa shape index (κ1) is 25.6. The van der Waals surface area contributed by atoms with Crippen molar-refractivity contribution in [1.82, 2.24) is 10.2 Å². The number of benzene rings is 3. The van der Waals surface area contributed by atoms with Crippen LogP contribution in [0.2, 0.25) is 5.02 Å². The maximum atomic E-state index is 13.4. The molecule has 0 saturated carbocycles. The van der Waals surface area contributed by atoms with Crippen molar-refractivity contribution in [1.29, 1.82) is 0 Å². The van der Waals surface area contributed by atoms with Crippen molar-refractivity contribution in [3.63, 3.8) is 0 Å². The summed E-state index contributed by atoms with van der Waals surface area (Å²) >= 11 is 9.59. The molecule has 178 valence electrons. The fourth-order valence-corrected chi connectivity index (χ4v) is 4.23. The number of carbonyl (C=O) groups excluding carboxylic acids is 2. The number of carbonyl (C=O) groups is 2. The van der Waals surface area contributed by atoms with Crippen LogP contribution in [0, 0.1) is 0 Å². The highest BCUT2D eigenvalue weighted by molar-refractivity contribution is 9.10. The molecule has 0 radical (unpaired) electrons. The number of hydrogen-bond acceptors (Lipinski definition) is 4. The molecule has 34 heavy (non-hydrogen) atoms. The van der Waals surface area contributed by atoms with Gasteiger partial charge in [0, 0.05) is 24.5 Å². The highest BCUT2D eigenvalue weighted by Crippen LogP contribution is 2.28. The second kappa shape index (κ2) is 12.4. The first-order valence-electron chi connectivity index (χ1n) is 10.7. The minimum Gasteiger partial charge on any atom is -0.497 e. The highest BCUT2D eigenvalue weighted by Gasteiger charge is 2.30. The van der Waals surface area contributed by atoms with Crippen LogP contribution >= 0.6 is 27.5 Å². The zero-order valence-corrected chi connectivity index (χ0v) is 21.3. The van der Waals surface area contributed by atoms with E-state index in [9.17, 15) is 9.59 Å². The molecule has 6 nitrogen and oxygen atoms in total. The van der Waals surface area contributed by atoms with E-state index < -0.39 is 6.04 Å². The van der Waals surface area contributed by atoms with Gasteiger partial charge in [-0.15, -0.1) is 0 Å². The minimum atomic E-state index is -0.741. The van der Waals surface area contributed by atoms with Crippen molar-refractivity contribution in [2.45, 2.75) is 19.0 Å². The van der Waals surface area contributed by atoms with Gasteiger partial charge in [0.2, 0.25) is 5.91 Å². The Bertz CT molecular complexity index is 1130. The number of methoxy groups -OCH3 is 1. The van der Waals surface area contributed by atoms with Crippen LogP contribution in [0.15, 0.2) is 77.3 Å². The fraction of sp³-hybridized carbons (Fsp3) is 0.231. The summed E-state index contributed by atoms with van der Waals surface area (Å²) in [6.07, 6.45) is 0.356. The number of ether oxygens (including phenoxy) is 2. The lowest BCUT2D eigenvalue weighted by molar-refractivity contribution is -0.142. The first-order valence-corrected chi connectivity index (χ1v) is 11.8. The molecular weight excluding hydrogens is 520 g/mol. The molecular formula is C26H26BrClN2O4. The summed E-state index contributed by atoms with van der Waals surface area (Å²) in [4.78, 5) is 27.9. The van der Waals surface area contributed by atoms with Gasteiger partial charge in [-0.2, -0.15) is 0 Å². The van der Waals surface area contributed by atoms with E-state index in [1.807, 2.05) is 54.6 Å². The van der Waals surface area contributed by atoms with Gasteiger partial charge in [-0.25, -0.2) is 0 Å². The predicted octanol–water partition coefficient (Wildman–Crippen LogP) is 4.88. The lowest BCUT2D eigenvalue weighted by atomic mass is 10.0. The topological polar surface area (TPSA) is 67.9 Å². The summed E-state index contributed by atoms with van der Waals surface area (Å²) in [5, 5.41) is 3.08. The Labute approximate surface area is 212 Å². The van der Waals surface area contributed by atoms with Crippen LogP contribution in [0.1, 0.15) is 11.1 Å². The number of nitrogens with zero attached hydrogens (tertiary/aromatic N) is 1. The van der Waals surface area contributed by atoms with Gasteiger partial charge in [-0.1, -0.05) is 70.0 Å². The third-order valence-electron chi connectivity index (χ3n) is 5.25. The summed E-state index contributed by atoms with van der Waals surface area (Å²) in [7, 11) is 3.15. The van der Waals surface area contributed by atoms with Gasteiger partial charge < -0.3 is 19.7 Å². The Morgan fingerprint density at radius 3 is 2.44 bits per heavy atom. The third kappa shape index (κ3) is 6.98. The molecule has 0 saturated heterocycles. The van der Waals surface area contributed by atoms with E-state index in [0.717, 1.165) is 15.6 Å². The summed E-state index contributed by atoms with van der Waals surface area (Å²) < 4.78 is 11.9. The van der Waals surface area contributed by atoms with E-state index in [4.69, 9.17) is 21.1 Å². The third-order valence-corrected chi connectivity index (χ3v) is 6.04. The number of halogens is 2. The van der Waals surface area contributed by atoms with Crippen molar-refractivity contribution in [2.75, 3.05) is 20.8 Å². The molecule has 0 bridgehead atoms. The Morgan fingerprint density at radius 2 is 1.76 bits per heavy atom. The monoisotopic (exact) mass is 544 g/mol. The summed E-state index contributed by atoms with van der Waals surface area (Å²) in [6, 6.07) is 21.4.